The van der Waals surface area contributed by atoms with Crippen LogP contribution in [-0.4, -0.2) is 68.3 Å². The molecule has 6 N–H and O–H groups in total. The van der Waals surface area contributed by atoms with Crippen molar-refractivity contribution in [3.05, 3.63) is 177 Å². The number of aliphatic hydroxyl groups is 2. The van der Waals surface area contributed by atoms with Crippen LogP contribution in [-0.2, 0) is 57.8 Å². The maximum atomic E-state index is 13.4. The molecule has 12 rings (SSSR count). The number of benzene rings is 4. The monoisotopic (exact) mass is 1110 g/mol. The molecule has 0 radical (unpaired) electrons. The van der Waals surface area contributed by atoms with Crippen molar-refractivity contribution in [2.75, 3.05) is 0 Å². The number of sulfonamides is 1. The zero-order chi connectivity index (χ0) is 53.0. The van der Waals surface area contributed by atoms with Gasteiger partial charge in [0.15, 0.2) is 0 Å². The summed E-state index contributed by atoms with van der Waals surface area (Å²) in [5, 5.41) is 32.5. The van der Waals surface area contributed by atoms with E-state index < -0.39 is 35.7 Å². The molecule has 76 heavy (non-hydrogen) atoms. The van der Waals surface area contributed by atoms with Gasteiger partial charge in [-0.1, -0.05) is 73.5 Å². The van der Waals surface area contributed by atoms with Crippen LogP contribution >= 0.6 is 10.7 Å². The number of hydrogen-bond acceptors (Lipinski definition) is 8. The smallest absolute Gasteiger partial charge is 0.235 e. The van der Waals surface area contributed by atoms with Gasteiger partial charge in [0, 0.05) is 33.6 Å². The summed E-state index contributed by atoms with van der Waals surface area (Å²) < 4.78 is 78.2. The number of aromatic nitrogens is 4. The minimum atomic E-state index is -3.25. The van der Waals surface area contributed by atoms with Crippen LogP contribution in [0.15, 0.2) is 121 Å². The lowest BCUT2D eigenvalue weighted by Gasteiger charge is -2.42. The van der Waals surface area contributed by atoms with Crippen LogP contribution in [0.4, 0.5) is 8.78 Å². The number of nitrogens with one attached hydrogen (secondary N) is 1. The zero-order valence-electron chi connectivity index (χ0n) is 42.9. The number of hydrogen-bond donors (Lipinski definition) is 4. The first-order valence-corrected chi connectivity index (χ1v) is 30.0. The van der Waals surface area contributed by atoms with Gasteiger partial charge in [0.1, 0.15) is 11.6 Å². The molecule has 0 bridgehead atoms. The van der Waals surface area contributed by atoms with E-state index in [0.717, 1.165) is 116 Å². The molecule has 0 unspecified atom stereocenters. The highest BCUT2D eigenvalue weighted by Crippen LogP contribution is 2.58. The summed E-state index contributed by atoms with van der Waals surface area (Å²) in [6.45, 7) is 5.40. The predicted molar refractivity (Wildman–Crippen MR) is 288 cm³/mol. The lowest BCUT2D eigenvalue weighted by Crippen LogP contribution is -3.00. The van der Waals surface area contributed by atoms with Crippen molar-refractivity contribution in [2.24, 2.45) is 10.8 Å². The van der Waals surface area contributed by atoms with Gasteiger partial charge in [-0.25, -0.2) is 39.7 Å². The molecule has 6 aliphatic carbocycles. The highest BCUT2D eigenvalue weighted by molar-refractivity contribution is 8.14. The molecule has 12 nitrogen and oxygen atoms in total. The Kier molecular flexibility index (Phi) is 15.9. The Morgan fingerprint density at radius 2 is 1.05 bits per heavy atom. The Balaban J connectivity index is 0.000000164. The molecule has 0 amide bonds. The molecule has 4 fully saturated rings. The number of rotatable bonds is 14. The fourth-order valence-corrected chi connectivity index (χ4v) is 14.5. The first-order chi connectivity index (χ1) is 35.7. The van der Waals surface area contributed by atoms with Crippen molar-refractivity contribution >= 4 is 41.9 Å². The molecule has 0 spiro atoms. The van der Waals surface area contributed by atoms with Crippen molar-refractivity contribution in [3.63, 3.8) is 0 Å². The van der Waals surface area contributed by atoms with E-state index in [1.54, 1.807) is 24.3 Å². The molecule has 0 saturated heterocycles. The van der Waals surface area contributed by atoms with Gasteiger partial charge >= 0.3 is 0 Å². The number of halogens is 4. The average Bonchev–Trinajstić information content (AvgIpc) is 4.33. The van der Waals surface area contributed by atoms with Crippen molar-refractivity contribution in [1.82, 2.24) is 24.3 Å². The normalized spacial score (nSPS) is 24.3. The summed E-state index contributed by atoms with van der Waals surface area (Å²) >= 11 is 0. The lowest BCUT2D eigenvalue weighted by molar-refractivity contribution is -0.386. The Hall–Kier alpha value is -5.04. The average molecular weight is 1120 g/mol. The van der Waals surface area contributed by atoms with E-state index in [2.05, 4.69) is 70.9 Å². The number of nitrogens with zero attached hydrogens (tertiary/aromatic N) is 4. The SMILES string of the molecule is C[C@]12Cc3cnn(-c4ccc(F)cc4)c3C=C1CC[C@@]2(O)CCc1ccccc1CNS(=O)(=O)C1CC1.C[C@]12Cc3cnn(-c4ccc(F)cc4)c3C=C1CC[C@@]2(O)CCc1ccccc1C[NH3+].O=S(=O)(Cl)C1CC1.[Cl-]. The van der Waals surface area contributed by atoms with Crippen LogP contribution in [0, 0.1) is 22.5 Å². The van der Waals surface area contributed by atoms with Crippen LogP contribution in [0.25, 0.3) is 23.5 Å². The molecular weight excluding hydrogens is 1050 g/mol. The molecule has 4 atom stereocenters. The van der Waals surface area contributed by atoms with Gasteiger partial charge in [0.25, 0.3) is 0 Å². The second-order valence-electron chi connectivity index (χ2n) is 21.8. The van der Waals surface area contributed by atoms with E-state index in [1.165, 1.54) is 46.5 Å². The Bertz CT molecular complexity index is 3400. The summed E-state index contributed by atoms with van der Waals surface area (Å²) in [6, 6.07) is 29.0. The van der Waals surface area contributed by atoms with Crippen LogP contribution < -0.4 is 22.9 Å². The zero-order valence-corrected chi connectivity index (χ0v) is 46.0. The van der Waals surface area contributed by atoms with E-state index in [1.807, 2.05) is 46.0 Å². The van der Waals surface area contributed by atoms with E-state index in [9.17, 15) is 35.8 Å². The van der Waals surface area contributed by atoms with E-state index in [4.69, 9.17) is 10.7 Å². The molecule has 4 saturated carbocycles. The maximum Gasteiger partial charge on any atom is 0.235 e. The van der Waals surface area contributed by atoms with Gasteiger partial charge in [-0.2, -0.15) is 10.2 Å². The fourth-order valence-electron chi connectivity index (χ4n) is 12.0. The molecule has 404 valence electrons. The highest BCUT2D eigenvalue weighted by Gasteiger charge is 2.56. The highest BCUT2D eigenvalue weighted by atomic mass is 35.7. The summed E-state index contributed by atoms with van der Waals surface area (Å²) in [4.78, 5) is 0. The maximum absolute atomic E-state index is 13.4. The molecule has 2 heterocycles. The third-order valence-electron chi connectivity index (χ3n) is 17.2. The van der Waals surface area contributed by atoms with Gasteiger partial charge in [-0.05, 0) is 178 Å². The summed E-state index contributed by atoms with van der Waals surface area (Å²) in [5.74, 6) is -0.532. The topological polar surface area (TPSA) is 184 Å². The van der Waals surface area contributed by atoms with Crippen LogP contribution in [0.1, 0.15) is 123 Å². The van der Waals surface area contributed by atoms with E-state index in [-0.39, 0.29) is 46.5 Å². The minimum Gasteiger partial charge on any atom is -1.00 e. The molecule has 0 aliphatic heterocycles. The molecule has 6 aromatic rings. The lowest BCUT2D eigenvalue weighted by atomic mass is 9.65. The molecule has 4 aromatic carbocycles. The molecular formula is C58H66Cl2F2N6O6S2. The Labute approximate surface area is 455 Å². The van der Waals surface area contributed by atoms with Crippen molar-refractivity contribution in [2.45, 2.75) is 139 Å². The molecule has 6 aliphatic rings. The van der Waals surface area contributed by atoms with Crippen molar-refractivity contribution in [3.8, 4) is 11.4 Å². The van der Waals surface area contributed by atoms with Gasteiger partial charge in [0.05, 0.1) is 63.4 Å². The summed E-state index contributed by atoms with van der Waals surface area (Å²) in [5.41, 5.74) is 14.7. The fraction of sp³-hybridized carbons (Fsp3) is 0.414. The first kappa shape index (κ1) is 55.7. The minimum absolute atomic E-state index is 0. The Morgan fingerprint density at radius 3 is 1.45 bits per heavy atom. The first-order valence-electron chi connectivity index (χ1n) is 26.1. The Morgan fingerprint density at radius 1 is 0.645 bits per heavy atom. The third kappa shape index (κ3) is 11.2. The van der Waals surface area contributed by atoms with Crippen LogP contribution in [0.3, 0.4) is 0 Å². The largest absolute Gasteiger partial charge is 1.00 e. The van der Waals surface area contributed by atoms with Crippen molar-refractivity contribution < 1.29 is 54.0 Å². The van der Waals surface area contributed by atoms with E-state index >= 15 is 0 Å². The summed E-state index contributed by atoms with van der Waals surface area (Å²) in [7, 11) is -1.51. The van der Waals surface area contributed by atoms with Crippen LogP contribution in [0.5, 0.6) is 0 Å². The second kappa shape index (κ2) is 21.7. The number of quaternary nitrogens is 1. The van der Waals surface area contributed by atoms with Gasteiger partial charge in [0.2, 0.25) is 19.1 Å². The quantitative estimate of drug-likeness (QED) is 0.0920. The van der Waals surface area contributed by atoms with Gasteiger partial charge in [-0.15, -0.1) is 0 Å². The standard InChI is InChI=1S/C29H32FN3O3S.C26H28FN3O.C3H5ClO2S.ClH/c1-28-17-22-18-31-33(25-8-6-24(30)7-9-25)27(22)16-23(28)13-15-29(28,34)14-12-20-4-2-3-5-21(20)19-32-37(35,36)26-10-11-26;1-25-15-20-17-29-30(23-8-6-22(27)7-9-23)24(20)14-21(25)11-13-26(25,31)12-10-18-4-2-3-5-19(18)16-28;4-7(5,6)3-1-2-3;/h2-9,16,18,26,32,34H,10-15,17,19H2,1H3;2-9,14,17,31H,10-13,15-16,28H2,1H3;3H,1-2H2;1H/t28-,29-;25-,26-;;/m00../s1. The number of aryl methyl sites for hydroxylation is 2. The second-order valence-corrected chi connectivity index (χ2v) is 26.8. The molecule has 2 aromatic heterocycles. The summed E-state index contributed by atoms with van der Waals surface area (Å²) in [6.07, 6.45) is 18.6. The number of fused-ring (bicyclic) bond motifs is 4. The van der Waals surface area contributed by atoms with Gasteiger partial charge < -0.3 is 28.4 Å². The van der Waals surface area contributed by atoms with Gasteiger partial charge in [-0.3, -0.25) is 0 Å². The van der Waals surface area contributed by atoms with Crippen molar-refractivity contribution in [1.29, 1.82) is 0 Å². The predicted octanol–water partition coefficient (Wildman–Crippen LogP) is 6.27. The third-order valence-corrected chi connectivity index (χ3v) is 21.1. The van der Waals surface area contributed by atoms with E-state index in [0.29, 0.717) is 25.7 Å². The van der Waals surface area contributed by atoms with Crippen LogP contribution in [0.2, 0.25) is 0 Å². The molecule has 18 heteroatoms.